The maximum atomic E-state index is 11.7. The first-order valence-electron chi connectivity index (χ1n) is 5.56. The van der Waals surface area contributed by atoms with Crippen molar-refractivity contribution in [1.29, 1.82) is 0 Å². The lowest BCUT2D eigenvalue weighted by Gasteiger charge is -2.22. The Kier molecular flexibility index (Phi) is 3.25. The second kappa shape index (κ2) is 4.66. The maximum absolute atomic E-state index is 11.7. The van der Waals surface area contributed by atoms with Gasteiger partial charge in [0.05, 0.1) is 11.2 Å². The predicted octanol–water partition coefficient (Wildman–Crippen LogP) is 2.41. The van der Waals surface area contributed by atoms with Crippen LogP contribution in [0, 0.1) is 0 Å². The fourth-order valence-electron chi connectivity index (χ4n) is 1.83. The Balaban J connectivity index is 1.89. The SMILES string of the molecule is C[C@@]1(COC(=O)c2ccccc2)CCCO1. The van der Waals surface area contributed by atoms with E-state index in [-0.39, 0.29) is 11.6 Å². The summed E-state index contributed by atoms with van der Waals surface area (Å²) < 4.78 is 10.8. The molecular formula is C13H16O3. The van der Waals surface area contributed by atoms with E-state index in [2.05, 4.69) is 0 Å². The second-order valence-corrected chi connectivity index (χ2v) is 4.34. The summed E-state index contributed by atoms with van der Waals surface area (Å²) in [5, 5.41) is 0. The summed E-state index contributed by atoms with van der Waals surface area (Å²) in [6, 6.07) is 9.02. The van der Waals surface area contributed by atoms with Gasteiger partial charge in [0.2, 0.25) is 0 Å². The van der Waals surface area contributed by atoms with E-state index >= 15 is 0 Å². The van der Waals surface area contributed by atoms with Gasteiger partial charge in [0, 0.05) is 6.61 Å². The van der Waals surface area contributed by atoms with Gasteiger partial charge >= 0.3 is 5.97 Å². The van der Waals surface area contributed by atoms with Crippen molar-refractivity contribution >= 4 is 5.97 Å². The van der Waals surface area contributed by atoms with E-state index in [1.165, 1.54) is 0 Å². The fourth-order valence-corrected chi connectivity index (χ4v) is 1.83. The zero-order valence-electron chi connectivity index (χ0n) is 9.44. The highest BCUT2D eigenvalue weighted by Gasteiger charge is 2.31. The van der Waals surface area contributed by atoms with Crippen LogP contribution in [0.2, 0.25) is 0 Å². The molecule has 1 aromatic rings. The first kappa shape index (κ1) is 11.1. The number of benzene rings is 1. The van der Waals surface area contributed by atoms with E-state index in [4.69, 9.17) is 9.47 Å². The second-order valence-electron chi connectivity index (χ2n) is 4.34. The molecule has 2 rings (SSSR count). The monoisotopic (exact) mass is 220 g/mol. The summed E-state index contributed by atoms with van der Waals surface area (Å²) in [6.45, 7) is 3.08. The molecular weight excluding hydrogens is 204 g/mol. The minimum absolute atomic E-state index is 0.280. The van der Waals surface area contributed by atoms with E-state index in [9.17, 15) is 4.79 Å². The third-order valence-corrected chi connectivity index (χ3v) is 2.82. The molecule has 0 radical (unpaired) electrons. The molecule has 0 aliphatic carbocycles. The van der Waals surface area contributed by atoms with Crippen LogP contribution in [-0.2, 0) is 9.47 Å². The Hall–Kier alpha value is -1.35. The van der Waals surface area contributed by atoms with E-state index in [0.717, 1.165) is 19.4 Å². The average molecular weight is 220 g/mol. The molecule has 86 valence electrons. The Bertz CT molecular complexity index is 353. The van der Waals surface area contributed by atoms with Gasteiger partial charge in [-0.3, -0.25) is 0 Å². The van der Waals surface area contributed by atoms with Gasteiger partial charge in [-0.05, 0) is 31.9 Å². The largest absolute Gasteiger partial charge is 0.459 e. The van der Waals surface area contributed by atoms with Gasteiger partial charge in [-0.1, -0.05) is 18.2 Å². The zero-order valence-corrected chi connectivity index (χ0v) is 9.44. The van der Waals surface area contributed by atoms with Gasteiger partial charge in [-0.2, -0.15) is 0 Å². The molecule has 0 amide bonds. The molecule has 0 bridgehead atoms. The number of rotatable bonds is 3. The summed E-state index contributed by atoms with van der Waals surface area (Å²) in [4.78, 5) is 11.7. The van der Waals surface area contributed by atoms with Gasteiger partial charge in [0.15, 0.2) is 0 Å². The summed E-state index contributed by atoms with van der Waals surface area (Å²) in [5.41, 5.74) is 0.300. The van der Waals surface area contributed by atoms with E-state index in [0.29, 0.717) is 12.2 Å². The molecule has 16 heavy (non-hydrogen) atoms. The third-order valence-electron chi connectivity index (χ3n) is 2.82. The molecule has 1 heterocycles. The van der Waals surface area contributed by atoms with Crippen molar-refractivity contribution in [3.63, 3.8) is 0 Å². The zero-order chi connectivity index (χ0) is 11.4. The molecule has 0 saturated carbocycles. The van der Waals surface area contributed by atoms with Gasteiger partial charge in [0.25, 0.3) is 0 Å². The van der Waals surface area contributed by atoms with E-state index in [1.54, 1.807) is 12.1 Å². The molecule has 1 saturated heterocycles. The van der Waals surface area contributed by atoms with Crippen molar-refractivity contribution in [2.24, 2.45) is 0 Å². The Labute approximate surface area is 95.4 Å². The highest BCUT2D eigenvalue weighted by Crippen LogP contribution is 2.25. The van der Waals surface area contributed by atoms with Crippen molar-refractivity contribution in [2.45, 2.75) is 25.4 Å². The Morgan fingerprint density at radius 3 is 2.81 bits per heavy atom. The minimum Gasteiger partial charge on any atom is -0.459 e. The standard InChI is InChI=1S/C13H16O3/c1-13(8-5-9-16-13)10-15-12(14)11-6-3-2-4-7-11/h2-4,6-7H,5,8-10H2,1H3/t13-/m0/s1. The molecule has 0 spiro atoms. The third kappa shape index (κ3) is 2.61. The number of ether oxygens (including phenoxy) is 2. The smallest absolute Gasteiger partial charge is 0.338 e. The molecule has 3 nitrogen and oxygen atoms in total. The molecule has 1 atom stereocenters. The van der Waals surface area contributed by atoms with Crippen LogP contribution in [0.15, 0.2) is 30.3 Å². The first-order valence-corrected chi connectivity index (χ1v) is 5.56. The number of hydrogen-bond donors (Lipinski definition) is 0. The highest BCUT2D eigenvalue weighted by atomic mass is 16.6. The van der Waals surface area contributed by atoms with Crippen LogP contribution >= 0.6 is 0 Å². The number of carbonyl (C=O) groups is 1. The highest BCUT2D eigenvalue weighted by molar-refractivity contribution is 5.89. The maximum Gasteiger partial charge on any atom is 0.338 e. The van der Waals surface area contributed by atoms with Crippen LogP contribution in [0.5, 0.6) is 0 Å². The van der Waals surface area contributed by atoms with Gasteiger partial charge in [-0.25, -0.2) is 4.79 Å². The number of esters is 1. The predicted molar refractivity (Wildman–Crippen MR) is 60.3 cm³/mol. The van der Waals surface area contributed by atoms with Gasteiger partial charge in [0.1, 0.15) is 6.61 Å². The molecule has 3 heteroatoms. The Morgan fingerprint density at radius 2 is 2.19 bits per heavy atom. The molecule has 0 aromatic heterocycles. The molecule has 0 N–H and O–H groups in total. The van der Waals surface area contributed by atoms with Gasteiger partial charge in [-0.15, -0.1) is 0 Å². The summed E-state index contributed by atoms with van der Waals surface area (Å²) in [7, 11) is 0. The number of carbonyl (C=O) groups excluding carboxylic acids is 1. The lowest BCUT2D eigenvalue weighted by atomic mass is 10.0. The normalized spacial score (nSPS) is 24.3. The van der Waals surface area contributed by atoms with Crippen LogP contribution < -0.4 is 0 Å². The van der Waals surface area contributed by atoms with Crippen LogP contribution in [0.3, 0.4) is 0 Å². The summed E-state index contributed by atoms with van der Waals surface area (Å²) >= 11 is 0. The molecule has 1 aromatic carbocycles. The van der Waals surface area contributed by atoms with Crippen LogP contribution in [-0.4, -0.2) is 24.8 Å². The topological polar surface area (TPSA) is 35.5 Å². The first-order chi connectivity index (χ1) is 7.70. The number of hydrogen-bond acceptors (Lipinski definition) is 3. The van der Waals surface area contributed by atoms with Crippen LogP contribution in [0.25, 0.3) is 0 Å². The van der Waals surface area contributed by atoms with Crippen molar-refractivity contribution in [3.05, 3.63) is 35.9 Å². The molecule has 1 aliphatic rings. The van der Waals surface area contributed by atoms with Crippen LogP contribution in [0.1, 0.15) is 30.1 Å². The van der Waals surface area contributed by atoms with E-state index in [1.807, 2.05) is 25.1 Å². The molecule has 1 aliphatic heterocycles. The van der Waals surface area contributed by atoms with Crippen molar-refractivity contribution in [2.75, 3.05) is 13.2 Å². The van der Waals surface area contributed by atoms with Crippen LogP contribution in [0.4, 0.5) is 0 Å². The fraction of sp³-hybridized carbons (Fsp3) is 0.462. The van der Waals surface area contributed by atoms with Crippen molar-refractivity contribution < 1.29 is 14.3 Å². The molecule has 1 fully saturated rings. The molecule has 0 unspecified atom stereocenters. The Morgan fingerprint density at radius 1 is 1.44 bits per heavy atom. The van der Waals surface area contributed by atoms with Gasteiger partial charge < -0.3 is 9.47 Å². The summed E-state index contributed by atoms with van der Waals surface area (Å²) in [6.07, 6.45) is 1.99. The lowest BCUT2D eigenvalue weighted by molar-refractivity contribution is -0.0378. The lowest BCUT2D eigenvalue weighted by Crippen LogP contribution is -2.31. The van der Waals surface area contributed by atoms with Crippen molar-refractivity contribution in [1.82, 2.24) is 0 Å². The summed E-state index contributed by atoms with van der Waals surface area (Å²) in [5.74, 6) is -0.280. The van der Waals surface area contributed by atoms with E-state index < -0.39 is 0 Å². The quantitative estimate of drug-likeness (QED) is 0.734. The minimum atomic E-state index is -0.287. The average Bonchev–Trinajstić information content (AvgIpc) is 2.75. The van der Waals surface area contributed by atoms with Crippen molar-refractivity contribution in [3.8, 4) is 0 Å².